The minimum atomic E-state index is -0.625. The molecule has 1 saturated carbocycles. The third-order valence-corrected chi connectivity index (χ3v) is 4.52. The lowest BCUT2D eigenvalue weighted by Gasteiger charge is -2.43. The number of aliphatic hydroxyl groups is 1. The van der Waals surface area contributed by atoms with E-state index in [1.807, 2.05) is 0 Å². The number of β-amino-alcohol motifs (C(OH)–C–C–N with tert-alkyl or cyclic N) is 1. The lowest BCUT2D eigenvalue weighted by Crippen LogP contribution is -2.55. The summed E-state index contributed by atoms with van der Waals surface area (Å²) in [6.45, 7) is 5.74. The molecule has 94 valence electrons. The Bertz CT molecular complexity index is 232. The average molecular weight is 226 g/mol. The zero-order chi connectivity index (χ0) is 11.8. The second kappa shape index (κ2) is 4.63. The van der Waals surface area contributed by atoms with Crippen LogP contribution in [0.4, 0.5) is 0 Å². The molecule has 3 heteroatoms. The third kappa shape index (κ3) is 2.41. The Morgan fingerprint density at radius 1 is 1.19 bits per heavy atom. The van der Waals surface area contributed by atoms with Gasteiger partial charge in [-0.1, -0.05) is 6.42 Å². The molecule has 3 atom stereocenters. The van der Waals surface area contributed by atoms with E-state index in [1.54, 1.807) is 0 Å². The number of nitrogens with two attached hydrogens (primary N) is 1. The number of nitrogens with zero attached hydrogens (tertiary/aromatic N) is 1. The standard InChI is InChI=1S/C13H26N2O/c1-10-4-3-5-11(2)15(10)9-13(16,8-14)12-6-7-12/h10-12,16H,3-9,14H2,1-2H3. The van der Waals surface area contributed by atoms with E-state index in [0.717, 1.165) is 19.4 Å². The molecule has 0 bridgehead atoms. The van der Waals surface area contributed by atoms with Gasteiger partial charge in [-0.3, -0.25) is 4.90 Å². The highest BCUT2D eigenvalue weighted by Gasteiger charge is 2.45. The number of hydrogen-bond acceptors (Lipinski definition) is 3. The fraction of sp³-hybridized carbons (Fsp3) is 1.00. The van der Waals surface area contributed by atoms with Crippen molar-refractivity contribution in [1.29, 1.82) is 0 Å². The lowest BCUT2D eigenvalue weighted by molar-refractivity contribution is -0.0392. The number of likely N-dealkylation sites (tertiary alicyclic amines) is 1. The van der Waals surface area contributed by atoms with E-state index < -0.39 is 5.60 Å². The van der Waals surface area contributed by atoms with Gasteiger partial charge in [-0.2, -0.15) is 0 Å². The Morgan fingerprint density at radius 2 is 1.75 bits per heavy atom. The summed E-state index contributed by atoms with van der Waals surface area (Å²) in [4.78, 5) is 2.47. The van der Waals surface area contributed by atoms with Crippen LogP contribution in [-0.4, -0.2) is 40.8 Å². The molecule has 0 amide bonds. The second-order valence-electron chi connectivity index (χ2n) is 5.88. The van der Waals surface area contributed by atoms with E-state index in [-0.39, 0.29) is 0 Å². The van der Waals surface area contributed by atoms with Crippen molar-refractivity contribution in [2.24, 2.45) is 11.7 Å². The monoisotopic (exact) mass is 226 g/mol. The van der Waals surface area contributed by atoms with Gasteiger partial charge in [-0.25, -0.2) is 0 Å². The zero-order valence-electron chi connectivity index (χ0n) is 10.7. The van der Waals surface area contributed by atoms with Crippen LogP contribution in [0.2, 0.25) is 0 Å². The van der Waals surface area contributed by atoms with Crippen molar-refractivity contribution >= 4 is 0 Å². The molecule has 16 heavy (non-hydrogen) atoms. The molecule has 2 fully saturated rings. The van der Waals surface area contributed by atoms with Crippen molar-refractivity contribution < 1.29 is 5.11 Å². The van der Waals surface area contributed by atoms with Crippen LogP contribution in [0.25, 0.3) is 0 Å². The molecule has 2 aliphatic rings. The highest BCUT2D eigenvalue weighted by molar-refractivity contribution is 4.99. The van der Waals surface area contributed by atoms with Gasteiger partial charge in [0.05, 0.1) is 5.60 Å². The molecule has 0 aromatic rings. The maximum atomic E-state index is 10.6. The van der Waals surface area contributed by atoms with Gasteiger partial charge >= 0.3 is 0 Å². The SMILES string of the molecule is CC1CCCC(C)N1CC(O)(CN)C1CC1. The van der Waals surface area contributed by atoms with E-state index in [2.05, 4.69) is 18.7 Å². The highest BCUT2D eigenvalue weighted by atomic mass is 16.3. The topological polar surface area (TPSA) is 49.5 Å². The van der Waals surface area contributed by atoms with Gasteiger partial charge in [-0.15, -0.1) is 0 Å². The van der Waals surface area contributed by atoms with Gasteiger partial charge in [0, 0.05) is 25.2 Å². The predicted octanol–water partition coefficient (Wildman–Crippen LogP) is 1.35. The van der Waals surface area contributed by atoms with Crippen LogP contribution in [0.5, 0.6) is 0 Å². The smallest absolute Gasteiger partial charge is 0.0923 e. The quantitative estimate of drug-likeness (QED) is 0.761. The van der Waals surface area contributed by atoms with Gasteiger partial charge in [-0.05, 0) is 45.4 Å². The minimum absolute atomic E-state index is 0.410. The van der Waals surface area contributed by atoms with Crippen LogP contribution in [0.3, 0.4) is 0 Å². The minimum Gasteiger partial charge on any atom is -0.387 e. The highest BCUT2D eigenvalue weighted by Crippen LogP contribution is 2.40. The summed E-state index contributed by atoms with van der Waals surface area (Å²) in [5.74, 6) is 0.457. The zero-order valence-corrected chi connectivity index (χ0v) is 10.7. The maximum absolute atomic E-state index is 10.6. The Morgan fingerprint density at radius 3 is 2.19 bits per heavy atom. The molecule has 1 saturated heterocycles. The van der Waals surface area contributed by atoms with Gasteiger partial charge in [0.2, 0.25) is 0 Å². The number of hydrogen-bond donors (Lipinski definition) is 2. The molecule has 3 unspecified atom stereocenters. The summed E-state index contributed by atoms with van der Waals surface area (Å²) >= 11 is 0. The molecule has 2 rings (SSSR count). The summed E-state index contributed by atoms with van der Waals surface area (Å²) < 4.78 is 0. The van der Waals surface area contributed by atoms with Crippen molar-refractivity contribution in [3.63, 3.8) is 0 Å². The fourth-order valence-electron chi connectivity index (χ4n) is 3.08. The molecular formula is C13H26N2O. The first-order valence-electron chi connectivity index (χ1n) is 6.75. The first-order chi connectivity index (χ1) is 7.57. The summed E-state index contributed by atoms with van der Waals surface area (Å²) in [7, 11) is 0. The molecule has 1 aliphatic carbocycles. The van der Waals surface area contributed by atoms with E-state index in [4.69, 9.17) is 5.73 Å². The van der Waals surface area contributed by atoms with Crippen LogP contribution in [0, 0.1) is 5.92 Å². The largest absolute Gasteiger partial charge is 0.387 e. The Kier molecular flexibility index (Phi) is 3.57. The lowest BCUT2D eigenvalue weighted by atomic mass is 9.91. The predicted molar refractivity (Wildman–Crippen MR) is 66.2 cm³/mol. The Balaban J connectivity index is 2.00. The third-order valence-electron chi connectivity index (χ3n) is 4.52. The van der Waals surface area contributed by atoms with Gasteiger partial charge in [0.25, 0.3) is 0 Å². The van der Waals surface area contributed by atoms with Crippen LogP contribution < -0.4 is 5.73 Å². The summed E-state index contributed by atoms with van der Waals surface area (Å²) in [5.41, 5.74) is 5.15. The molecule has 0 radical (unpaired) electrons. The summed E-state index contributed by atoms with van der Waals surface area (Å²) in [5, 5.41) is 10.6. The van der Waals surface area contributed by atoms with Gasteiger partial charge < -0.3 is 10.8 Å². The molecule has 0 aromatic carbocycles. The van der Waals surface area contributed by atoms with Gasteiger partial charge in [0.15, 0.2) is 0 Å². The van der Waals surface area contributed by atoms with E-state index in [1.165, 1.54) is 19.3 Å². The summed E-state index contributed by atoms with van der Waals surface area (Å²) in [6.07, 6.45) is 6.16. The Hall–Kier alpha value is -0.120. The van der Waals surface area contributed by atoms with Crippen LogP contribution in [0.15, 0.2) is 0 Å². The normalized spacial score (nSPS) is 36.0. The van der Waals surface area contributed by atoms with Crippen LogP contribution in [0.1, 0.15) is 46.0 Å². The number of piperidine rings is 1. The molecule has 3 nitrogen and oxygen atoms in total. The first-order valence-corrected chi connectivity index (χ1v) is 6.75. The second-order valence-corrected chi connectivity index (χ2v) is 5.88. The van der Waals surface area contributed by atoms with E-state index in [0.29, 0.717) is 24.5 Å². The molecule has 3 N–H and O–H groups in total. The van der Waals surface area contributed by atoms with Crippen LogP contribution >= 0.6 is 0 Å². The molecule has 1 heterocycles. The van der Waals surface area contributed by atoms with E-state index >= 15 is 0 Å². The summed E-state index contributed by atoms with van der Waals surface area (Å²) in [6, 6.07) is 1.20. The van der Waals surface area contributed by atoms with Crippen molar-refractivity contribution in [2.75, 3.05) is 13.1 Å². The fourth-order valence-corrected chi connectivity index (χ4v) is 3.08. The van der Waals surface area contributed by atoms with Crippen molar-refractivity contribution in [2.45, 2.75) is 63.6 Å². The van der Waals surface area contributed by atoms with Crippen molar-refractivity contribution in [1.82, 2.24) is 4.90 Å². The maximum Gasteiger partial charge on any atom is 0.0923 e. The molecule has 0 spiro atoms. The van der Waals surface area contributed by atoms with Crippen LogP contribution in [-0.2, 0) is 0 Å². The van der Waals surface area contributed by atoms with E-state index in [9.17, 15) is 5.11 Å². The number of rotatable bonds is 4. The molecular weight excluding hydrogens is 200 g/mol. The first kappa shape index (κ1) is 12.3. The van der Waals surface area contributed by atoms with Gasteiger partial charge in [0.1, 0.15) is 0 Å². The molecule has 1 aliphatic heterocycles. The molecule has 0 aromatic heterocycles. The van der Waals surface area contributed by atoms with Crippen molar-refractivity contribution in [3.8, 4) is 0 Å². The Labute approximate surface area is 99.0 Å². The average Bonchev–Trinajstić information content (AvgIpc) is 3.07. The van der Waals surface area contributed by atoms with Crippen molar-refractivity contribution in [3.05, 3.63) is 0 Å².